The lowest BCUT2D eigenvalue weighted by atomic mass is 10.0. The molecule has 0 fully saturated rings. The number of non-ortho nitro benzene ring substituents is 1. The van der Waals surface area contributed by atoms with Gasteiger partial charge in [-0.25, -0.2) is 4.68 Å². The number of aromatic nitrogens is 2. The molecule has 1 amide bonds. The Balaban J connectivity index is 1.60. The number of fused-ring (bicyclic) bond motifs is 1. The molecule has 0 N–H and O–H groups in total. The Morgan fingerprint density at radius 2 is 1.93 bits per heavy atom. The molecular formula is C19H15BrN4O3. The summed E-state index contributed by atoms with van der Waals surface area (Å²) in [5, 5.41) is 15.1. The van der Waals surface area contributed by atoms with Crippen LogP contribution in [0.2, 0.25) is 0 Å². The Bertz CT molecular complexity index is 1030. The highest BCUT2D eigenvalue weighted by atomic mass is 79.9. The zero-order valence-electron chi connectivity index (χ0n) is 14.2. The number of nitro benzene ring substituents is 1. The SMILES string of the molecule is O=C(c1ccn(-c2ccc([N+](=O)[O-])cc2)n1)N1CCCc2cc(Br)ccc21. The number of halogens is 1. The number of carbonyl (C=O) groups is 1. The summed E-state index contributed by atoms with van der Waals surface area (Å²) in [5.41, 5.74) is 3.06. The zero-order chi connectivity index (χ0) is 19.0. The molecule has 0 unspecified atom stereocenters. The predicted molar refractivity (Wildman–Crippen MR) is 104 cm³/mol. The van der Waals surface area contributed by atoms with E-state index in [1.165, 1.54) is 12.1 Å². The van der Waals surface area contributed by atoms with Gasteiger partial charge in [0.2, 0.25) is 0 Å². The number of amides is 1. The fourth-order valence-electron chi connectivity index (χ4n) is 3.22. The minimum Gasteiger partial charge on any atom is -0.307 e. The number of nitrogens with zero attached hydrogens (tertiary/aromatic N) is 4. The van der Waals surface area contributed by atoms with Gasteiger partial charge in [-0.05, 0) is 54.8 Å². The van der Waals surface area contributed by atoms with E-state index >= 15 is 0 Å². The van der Waals surface area contributed by atoms with Crippen LogP contribution in [-0.2, 0) is 6.42 Å². The molecule has 0 radical (unpaired) electrons. The number of benzene rings is 2. The largest absolute Gasteiger partial charge is 0.307 e. The van der Waals surface area contributed by atoms with Crippen LogP contribution in [0.1, 0.15) is 22.5 Å². The van der Waals surface area contributed by atoms with E-state index in [2.05, 4.69) is 21.0 Å². The summed E-state index contributed by atoms with van der Waals surface area (Å²) in [7, 11) is 0. The van der Waals surface area contributed by atoms with Crippen molar-refractivity contribution in [2.45, 2.75) is 12.8 Å². The first-order valence-electron chi connectivity index (χ1n) is 8.44. The van der Waals surface area contributed by atoms with Crippen LogP contribution in [0.25, 0.3) is 5.69 Å². The normalized spacial score (nSPS) is 13.3. The smallest absolute Gasteiger partial charge is 0.278 e. The summed E-state index contributed by atoms with van der Waals surface area (Å²) in [6.45, 7) is 0.651. The summed E-state index contributed by atoms with van der Waals surface area (Å²) in [4.78, 5) is 25.1. The summed E-state index contributed by atoms with van der Waals surface area (Å²) < 4.78 is 2.54. The summed E-state index contributed by atoms with van der Waals surface area (Å²) >= 11 is 3.47. The third-order valence-corrected chi connectivity index (χ3v) is 5.03. The number of hydrogen-bond donors (Lipinski definition) is 0. The van der Waals surface area contributed by atoms with E-state index in [0.717, 1.165) is 28.6 Å². The molecule has 1 aromatic heterocycles. The van der Waals surface area contributed by atoms with Gasteiger partial charge in [-0.2, -0.15) is 5.10 Å². The fourth-order valence-corrected chi connectivity index (χ4v) is 3.63. The van der Waals surface area contributed by atoms with Gasteiger partial charge in [0.15, 0.2) is 5.69 Å². The molecule has 0 saturated carbocycles. The molecule has 27 heavy (non-hydrogen) atoms. The van der Waals surface area contributed by atoms with Gasteiger partial charge < -0.3 is 4.90 Å². The van der Waals surface area contributed by atoms with Crippen molar-refractivity contribution < 1.29 is 9.72 Å². The Kier molecular flexibility index (Phi) is 4.49. The molecule has 136 valence electrons. The number of aryl methyl sites for hydroxylation is 1. The second-order valence-corrected chi connectivity index (χ2v) is 7.17. The van der Waals surface area contributed by atoms with E-state index in [1.807, 2.05) is 18.2 Å². The highest BCUT2D eigenvalue weighted by Crippen LogP contribution is 2.30. The van der Waals surface area contributed by atoms with Crippen LogP contribution in [-0.4, -0.2) is 27.2 Å². The van der Waals surface area contributed by atoms with Crippen LogP contribution >= 0.6 is 15.9 Å². The van der Waals surface area contributed by atoms with Crippen molar-refractivity contribution in [2.24, 2.45) is 0 Å². The number of anilines is 1. The van der Waals surface area contributed by atoms with E-state index in [-0.39, 0.29) is 11.6 Å². The van der Waals surface area contributed by atoms with Gasteiger partial charge in [-0.15, -0.1) is 0 Å². The summed E-state index contributed by atoms with van der Waals surface area (Å²) in [5.74, 6) is -0.154. The van der Waals surface area contributed by atoms with Crippen molar-refractivity contribution in [2.75, 3.05) is 11.4 Å². The lowest BCUT2D eigenvalue weighted by Gasteiger charge is -2.29. The van der Waals surface area contributed by atoms with E-state index in [1.54, 1.807) is 34.0 Å². The van der Waals surface area contributed by atoms with E-state index in [9.17, 15) is 14.9 Å². The van der Waals surface area contributed by atoms with Gasteiger partial charge in [0, 0.05) is 35.0 Å². The maximum absolute atomic E-state index is 13.0. The molecule has 0 atom stereocenters. The Labute approximate surface area is 163 Å². The Hall–Kier alpha value is -3.00. The Morgan fingerprint density at radius 3 is 2.67 bits per heavy atom. The third kappa shape index (κ3) is 3.35. The van der Waals surface area contributed by atoms with E-state index < -0.39 is 4.92 Å². The van der Waals surface area contributed by atoms with Crippen molar-refractivity contribution in [3.63, 3.8) is 0 Å². The van der Waals surface area contributed by atoms with E-state index in [0.29, 0.717) is 17.9 Å². The first-order valence-corrected chi connectivity index (χ1v) is 9.23. The molecule has 2 aromatic carbocycles. The Morgan fingerprint density at radius 1 is 1.15 bits per heavy atom. The van der Waals surface area contributed by atoms with Gasteiger partial charge >= 0.3 is 0 Å². The van der Waals surface area contributed by atoms with Crippen LogP contribution in [0, 0.1) is 10.1 Å². The lowest BCUT2D eigenvalue weighted by Crippen LogP contribution is -2.35. The molecule has 0 saturated heterocycles. The third-order valence-electron chi connectivity index (χ3n) is 4.54. The second kappa shape index (κ2) is 6.96. The molecule has 1 aliphatic rings. The molecule has 1 aliphatic heterocycles. The van der Waals surface area contributed by atoms with Crippen LogP contribution in [0.5, 0.6) is 0 Å². The van der Waals surface area contributed by atoms with Gasteiger partial charge in [0.25, 0.3) is 11.6 Å². The molecular weight excluding hydrogens is 412 g/mol. The quantitative estimate of drug-likeness (QED) is 0.465. The fraction of sp³-hybridized carbons (Fsp3) is 0.158. The van der Waals surface area contributed by atoms with Crippen molar-refractivity contribution in [1.29, 1.82) is 0 Å². The molecule has 2 heterocycles. The molecule has 7 nitrogen and oxygen atoms in total. The maximum Gasteiger partial charge on any atom is 0.278 e. The highest BCUT2D eigenvalue weighted by molar-refractivity contribution is 9.10. The van der Waals surface area contributed by atoms with Crippen LogP contribution < -0.4 is 4.90 Å². The predicted octanol–water partition coefficient (Wildman–Crippen LogP) is 4.14. The van der Waals surface area contributed by atoms with Crippen LogP contribution in [0.4, 0.5) is 11.4 Å². The second-order valence-electron chi connectivity index (χ2n) is 6.25. The zero-order valence-corrected chi connectivity index (χ0v) is 15.8. The molecule has 3 aromatic rings. The average molecular weight is 427 g/mol. The van der Waals surface area contributed by atoms with E-state index in [4.69, 9.17) is 0 Å². The first-order chi connectivity index (χ1) is 13.0. The topological polar surface area (TPSA) is 81.3 Å². The molecule has 4 rings (SSSR count). The monoisotopic (exact) mass is 426 g/mol. The lowest BCUT2D eigenvalue weighted by molar-refractivity contribution is -0.384. The van der Waals surface area contributed by atoms with Gasteiger partial charge in [-0.1, -0.05) is 15.9 Å². The van der Waals surface area contributed by atoms with Crippen molar-refractivity contribution in [1.82, 2.24) is 9.78 Å². The number of carbonyl (C=O) groups excluding carboxylic acids is 1. The summed E-state index contributed by atoms with van der Waals surface area (Å²) in [6.07, 6.45) is 3.52. The first kappa shape index (κ1) is 17.4. The summed E-state index contributed by atoms with van der Waals surface area (Å²) in [6, 6.07) is 13.6. The average Bonchev–Trinajstić information content (AvgIpc) is 3.17. The van der Waals surface area contributed by atoms with Crippen molar-refractivity contribution in [3.05, 3.63) is 80.6 Å². The van der Waals surface area contributed by atoms with Crippen LogP contribution in [0.15, 0.2) is 59.2 Å². The standard InChI is InChI=1S/C19H15BrN4O3/c20-14-3-8-18-13(12-14)2-1-10-22(18)19(25)17-9-11-23(21-17)15-4-6-16(7-5-15)24(26)27/h3-9,11-12H,1-2,10H2. The number of rotatable bonds is 3. The molecule has 0 spiro atoms. The van der Waals surface area contributed by atoms with Crippen molar-refractivity contribution in [3.8, 4) is 5.69 Å². The van der Waals surface area contributed by atoms with Crippen molar-refractivity contribution >= 4 is 33.2 Å². The molecule has 0 bridgehead atoms. The minimum absolute atomic E-state index is 0.0123. The maximum atomic E-state index is 13.0. The van der Waals surface area contributed by atoms with Gasteiger partial charge in [0.05, 0.1) is 10.6 Å². The van der Waals surface area contributed by atoms with Gasteiger partial charge in [0.1, 0.15) is 0 Å². The molecule has 0 aliphatic carbocycles. The number of hydrogen-bond acceptors (Lipinski definition) is 4. The van der Waals surface area contributed by atoms with Crippen LogP contribution in [0.3, 0.4) is 0 Å². The molecule has 8 heteroatoms. The minimum atomic E-state index is -0.450. The number of nitro groups is 1. The highest BCUT2D eigenvalue weighted by Gasteiger charge is 2.25. The van der Waals surface area contributed by atoms with Gasteiger partial charge in [-0.3, -0.25) is 14.9 Å².